The normalized spacial score (nSPS) is 10.2. The third-order valence-electron chi connectivity index (χ3n) is 2.82. The molecule has 0 aliphatic rings. The van der Waals surface area contributed by atoms with Gasteiger partial charge in [0.2, 0.25) is 0 Å². The summed E-state index contributed by atoms with van der Waals surface area (Å²) >= 11 is 3.41. The van der Waals surface area contributed by atoms with Crippen molar-refractivity contribution < 1.29 is 19.1 Å². The van der Waals surface area contributed by atoms with E-state index in [1.165, 1.54) is 0 Å². The first-order valence-corrected chi connectivity index (χ1v) is 7.35. The standard InChI is InChI=1S/C15H19BrO4/c1-3-20-15(18)9-7-12(17)6-4-11-5-8-14(19-2)13(16)10-11/h5,8,10H,3-4,6-7,9H2,1-2H3. The van der Waals surface area contributed by atoms with E-state index < -0.39 is 0 Å². The molecule has 0 amide bonds. The van der Waals surface area contributed by atoms with Gasteiger partial charge in [-0.05, 0) is 47.0 Å². The molecule has 0 bridgehead atoms. The number of halogens is 1. The van der Waals surface area contributed by atoms with Crippen LogP contribution in [0.2, 0.25) is 0 Å². The first-order valence-electron chi connectivity index (χ1n) is 6.56. The molecule has 0 fully saturated rings. The maximum atomic E-state index is 11.7. The lowest BCUT2D eigenvalue weighted by Crippen LogP contribution is -2.08. The molecule has 0 radical (unpaired) electrons. The van der Waals surface area contributed by atoms with Crippen LogP contribution in [-0.4, -0.2) is 25.5 Å². The molecule has 0 aromatic heterocycles. The largest absolute Gasteiger partial charge is 0.496 e. The number of benzene rings is 1. The van der Waals surface area contributed by atoms with Crippen LogP contribution in [-0.2, 0) is 20.7 Å². The van der Waals surface area contributed by atoms with Crippen LogP contribution in [0.4, 0.5) is 0 Å². The Kier molecular flexibility index (Phi) is 7.30. The van der Waals surface area contributed by atoms with Gasteiger partial charge in [-0.3, -0.25) is 9.59 Å². The van der Waals surface area contributed by atoms with Crippen molar-refractivity contribution in [2.45, 2.75) is 32.6 Å². The minimum atomic E-state index is -0.312. The molecule has 0 saturated heterocycles. The highest BCUT2D eigenvalue weighted by atomic mass is 79.9. The lowest BCUT2D eigenvalue weighted by molar-refractivity contribution is -0.144. The fraction of sp³-hybridized carbons (Fsp3) is 0.467. The zero-order valence-corrected chi connectivity index (χ0v) is 13.4. The zero-order valence-electron chi connectivity index (χ0n) is 11.8. The van der Waals surface area contributed by atoms with Crippen molar-refractivity contribution in [2.24, 2.45) is 0 Å². The van der Waals surface area contributed by atoms with Crippen molar-refractivity contribution in [1.29, 1.82) is 0 Å². The highest BCUT2D eigenvalue weighted by molar-refractivity contribution is 9.10. The van der Waals surface area contributed by atoms with Crippen molar-refractivity contribution in [1.82, 2.24) is 0 Å². The number of ketones is 1. The Morgan fingerprint density at radius 3 is 2.55 bits per heavy atom. The van der Waals surface area contributed by atoms with Gasteiger partial charge in [-0.25, -0.2) is 0 Å². The Balaban J connectivity index is 2.37. The number of hydrogen-bond donors (Lipinski definition) is 0. The van der Waals surface area contributed by atoms with E-state index in [0.29, 0.717) is 19.4 Å². The summed E-state index contributed by atoms with van der Waals surface area (Å²) in [7, 11) is 1.61. The van der Waals surface area contributed by atoms with Crippen molar-refractivity contribution >= 4 is 27.7 Å². The molecular formula is C15H19BrO4. The lowest BCUT2D eigenvalue weighted by atomic mass is 10.1. The topological polar surface area (TPSA) is 52.6 Å². The number of methoxy groups -OCH3 is 1. The molecule has 0 aliphatic carbocycles. The van der Waals surface area contributed by atoms with Gasteiger partial charge >= 0.3 is 5.97 Å². The van der Waals surface area contributed by atoms with Gasteiger partial charge in [-0.2, -0.15) is 0 Å². The van der Waals surface area contributed by atoms with Crippen LogP contribution in [0.3, 0.4) is 0 Å². The molecule has 4 nitrogen and oxygen atoms in total. The predicted molar refractivity (Wildman–Crippen MR) is 79.9 cm³/mol. The molecule has 110 valence electrons. The Hall–Kier alpha value is -1.36. The number of rotatable bonds is 8. The Labute approximate surface area is 127 Å². The average molecular weight is 343 g/mol. The molecule has 5 heteroatoms. The van der Waals surface area contributed by atoms with Crippen LogP contribution in [0.15, 0.2) is 22.7 Å². The van der Waals surface area contributed by atoms with Crippen LogP contribution in [0, 0.1) is 0 Å². The van der Waals surface area contributed by atoms with Gasteiger partial charge < -0.3 is 9.47 Å². The molecule has 0 spiro atoms. The molecule has 0 heterocycles. The summed E-state index contributed by atoms with van der Waals surface area (Å²) in [6.07, 6.45) is 1.50. The van der Waals surface area contributed by atoms with Crippen molar-refractivity contribution in [3.63, 3.8) is 0 Å². The first-order chi connectivity index (χ1) is 9.56. The zero-order chi connectivity index (χ0) is 15.0. The highest BCUT2D eigenvalue weighted by Gasteiger charge is 2.08. The summed E-state index contributed by atoms with van der Waals surface area (Å²) in [5.74, 6) is 0.528. The number of hydrogen-bond acceptors (Lipinski definition) is 4. The van der Waals surface area contributed by atoms with E-state index in [4.69, 9.17) is 9.47 Å². The second-order valence-electron chi connectivity index (χ2n) is 4.31. The molecule has 0 N–H and O–H groups in total. The average Bonchev–Trinajstić information content (AvgIpc) is 2.43. The maximum absolute atomic E-state index is 11.7. The predicted octanol–water partition coefficient (Wildman–Crippen LogP) is 3.30. The Bertz CT molecular complexity index is 471. The van der Waals surface area contributed by atoms with Gasteiger partial charge in [-0.1, -0.05) is 6.07 Å². The summed E-state index contributed by atoms with van der Waals surface area (Å²) < 4.78 is 10.8. The van der Waals surface area contributed by atoms with E-state index in [2.05, 4.69) is 15.9 Å². The summed E-state index contributed by atoms with van der Waals surface area (Å²) in [6, 6.07) is 5.74. The van der Waals surface area contributed by atoms with E-state index in [1.54, 1.807) is 14.0 Å². The molecule has 0 atom stereocenters. The molecule has 1 aromatic rings. The SMILES string of the molecule is CCOC(=O)CCC(=O)CCc1ccc(OC)c(Br)c1. The van der Waals surface area contributed by atoms with Gasteiger partial charge in [-0.15, -0.1) is 0 Å². The van der Waals surface area contributed by atoms with Crippen LogP contribution in [0.5, 0.6) is 5.75 Å². The number of ether oxygens (including phenoxy) is 2. The molecular weight excluding hydrogens is 324 g/mol. The monoisotopic (exact) mass is 342 g/mol. The van der Waals surface area contributed by atoms with Crippen molar-refractivity contribution in [3.8, 4) is 5.75 Å². The minimum Gasteiger partial charge on any atom is -0.496 e. The number of esters is 1. The summed E-state index contributed by atoms with van der Waals surface area (Å²) in [5, 5.41) is 0. The Morgan fingerprint density at radius 1 is 1.20 bits per heavy atom. The van der Waals surface area contributed by atoms with E-state index in [-0.39, 0.29) is 24.6 Å². The second-order valence-corrected chi connectivity index (χ2v) is 5.17. The smallest absolute Gasteiger partial charge is 0.306 e. The van der Waals surface area contributed by atoms with Gasteiger partial charge in [0, 0.05) is 12.8 Å². The highest BCUT2D eigenvalue weighted by Crippen LogP contribution is 2.26. The maximum Gasteiger partial charge on any atom is 0.306 e. The number of carbonyl (C=O) groups is 2. The Morgan fingerprint density at radius 2 is 1.95 bits per heavy atom. The number of aryl methyl sites for hydroxylation is 1. The lowest BCUT2D eigenvalue weighted by Gasteiger charge is -2.06. The van der Waals surface area contributed by atoms with Crippen LogP contribution in [0.25, 0.3) is 0 Å². The van der Waals surface area contributed by atoms with Gasteiger partial charge in [0.25, 0.3) is 0 Å². The molecule has 0 saturated carbocycles. The van der Waals surface area contributed by atoms with Crippen molar-refractivity contribution in [3.05, 3.63) is 28.2 Å². The minimum absolute atomic E-state index is 0.0741. The van der Waals surface area contributed by atoms with E-state index >= 15 is 0 Å². The number of Topliss-reactive ketones (excluding diaryl/α,β-unsaturated/α-hetero) is 1. The quantitative estimate of drug-likeness (QED) is 0.680. The van der Waals surface area contributed by atoms with E-state index in [1.807, 2.05) is 18.2 Å². The molecule has 1 aromatic carbocycles. The van der Waals surface area contributed by atoms with Gasteiger partial charge in [0.05, 0.1) is 24.6 Å². The van der Waals surface area contributed by atoms with E-state index in [0.717, 1.165) is 15.8 Å². The molecule has 0 aliphatic heterocycles. The third kappa shape index (κ3) is 5.74. The molecule has 1 rings (SSSR count). The molecule has 0 unspecified atom stereocenters. The van der Waals surface area contributed by atoms with Crippen LogP contribution < -0.4 is 4.74 Å². The fourth-order valence-corrected chi connectivity index (χ4v) is 2.34. The number of carbonyl (C=O) groups excluding carboxylic acids is 2. The molecule has 20 heavy (non-hydrogen) atoms. The first kappa shape index (κ1) is 16.7. The van der Waals surface area contributed by atoms with Gasteiger partial charge in [0.1, 0.15) is 11.5 Å². The van der Waals surface area contributed by atoms with Crippen molar-refractivity contribution in [2.75, 3.05) is 13.7 Å². The summed E-state index contributed by atoms with van der Waals surface area (Å²) in [4.78, 5) is 22.8. The van der Waals surface area contributed by atoms with Crippen LogP contribution >= 0.6 is 15.9 Å². The second kappa shape index (κ2) is 8.74. The summed E-state index contributed by atoms with van der Waals surface area (Å²) in [5.41, 5.74) is 1.06. The van der Waals surface area contributed by atoms with E-state index in [9.17, 15) is 9.59 Å². The van der Waals surface area contributed by atoms with Crippen LogP contribution in [0.1, 0.15) is 31.7 Å². The summed E-state index contributed by atoms with van der Waals surface area (Å²) in [6.45, 7) is 2.11. The third-order valence-corrected chi connectivity index (χ3v) is 3.44. The van der Waals surface area contributed by atoms with Gasteiger partial charge in [0.15, 0.2) is 0 Å². The fourth-order valence-electron chi connectivity index (χ4n) is 1.75.